The number of rotatable bonds is 6. The molecule has 1 fully saturated rings. The fraction of sp³-hybridized carbons (Fsp3) is 0.261. The number of para-hydroxylation sites is 1. The summed E-state index contributed by atoms with van der Waals surface area (Å²) in [5.41, 5.74) is 2.06. The van der Waals surface area contributed by atoms with Crippen LogP contribution in [0.3, 0.4) is 0 Å². The van der Waals surface area contributed by atoms with E-state index in [1.54, 1.807) is 23.4 Å². The molecule has 1 aliphatic rings. The molecule has 2 aromatic carbocycles. The van der Waals surface area contributed by atoms with E-state index in [2.05, 4.69) is 0 Å². The SMILES string of the molecule is COc1cccc(-n2c(=S)sc3c(=O)n(-c4ccccc4)c(SC[C@@H]4CCCO4)nc32)c1. The number of aromatic nitrogens is 3. The van der Waals surface area contributed by atoms with E-state index in [-0.39, 0.29) is 11.7 Å². The molecule has 0 saturated carbocycles. The molecule has 0 aliphatic carbocycles. The minimum absolute atomic E-state index is 0.117. The summed E-state index contributed by atoms with van der Waals surface area (Å²) in [7, 11) is 1.63. The van der Waals surface area contributed by atoms with Crippen molar-refractivity contribution >= 4 is 45.7 Å². The smallest absolute Gasteiger partial charge is 0.278 e. The highest BCUT2D eigenvalue weighted by atomic mass is 32.2. The Hall–Kier alpha value is -2.46. The van der Waals surface area contributed by atoms with Crippen molar-refractivity contribution in [3.05, 3.63) is 68.9 Å². The third kappa shape index (κ3) is 4.01. The summed E-state index contributed by atoms with van der Waals surface area (Å²) in [5.74, 6) is 1.46. The molecule has 1 aliphatic heterocycles. The van der Waals surface area contributed by atoms with Crippen molar-refractivity contribution < 1.29 is 9.47 Å². The van der Waals surface area contributed by atoms with Crippen LogP contribution in [0.25, 0.3) is 21.7 Å². The number of hydrogen-bond donors (Lipinski definition) is 0. The third-order valence-electron chi connectivity index (χ3n) is 5.33. The Labute approximate surface area is 198 Å². The minimum Gasteiger partial charge on any atom is -0.497 e. The summed E-state index contributed by atoms with van der Waals surface area (Å²) in [6.45, 7) is 0.795. The molecule has 0 radical (unpaired) electrons. The number of methoxy groups -OCH3 is 1. The standard InChI is InChI=1S/C23H21N3O3S3/c1-28-17-10-5-9-16(13-17)25-20-19(32-23(25)30)21(27)26(15-7-3-2-4-8-15)22(24-20)31-14-18-11-6-12-29-18/h2-5,7-10,13,18H,6,11-12,14H2,1H3/t18-/m0/s1. The second-order valence-electron chi connectivity index (χ2n) is 7.37. The number of hydrogen-bond acceptors (Lipinski definition) is 7. The maximum Gasteiger partial charge on any atom is 0.278 e. The fourth-order valence-electron chi connectivity index (χ4n) is 3.76. The highest BCUT2D eigenvalue weighted by Gasteiger charge is 2.21. The first-order valence-electron chi connectivity index (χ1n) is 10.3. The van der Waals surface area contributed by atoms with E-state index >= 15 is 0 Å². The van der Waals surface area contributed by atoms with E-state index in [1.807, 2.05) is 59.2 Å². The molecule has 164 valence electrons. The molecular formula is C23H21N3O3S3. The van der Waals surface area contributed by atoms with E-state index in [1.165, 1.54) is 11.3 Å². The van der Waals surface area contributed by atoms with Crippen molar-refractivity contribution in [2.24, 2.45) is 0 Å². The lowest BCUT2D eigenvalue weighted by Gasteiger charge is -2.14. The van der Waals surface area contributed by atoms with Gasteiger partial charge in [-0.2, -0.15) is 0 Å². The van der Waals surface area contributed by atoms with E-state index < -0.39 is 0 Å². The zero-order valence-corrected chi connectivity index (χ0v) is 19.8. The van der Waals surface area contributed by atoms with Gasteiger partial charge in [0, 0.05) is 18.4 Å². The van der Waals surface area contributed by atoms with Gasteiger partial charge in [-0.1, -0.05) is 47.4 Å². The Balaban J connectivity index is 1.70. The van der Waals surface area contributed by atoms with Gasteiger partial charge in [0.1, 0.15) is 10.4 Å². The summed E-state index contributed by atoms with van der Waals surface area (Å²) in [5, 5.41) is 0.633. The van der Waals surface area contributed by atoms with Crippen molar-refractivity contribution in [2.45, 2.75) is 24.1 Å². The molecule has 4 aromatic rings. The lowest BCUT2D eigenvalue weighted by atomic mass is 10.3. The van der Waals surface area contributed by atoms with Crippen LogP contribution in [0.5, 0.6) is 5.75 Å². The fourth-order valence-corrected chi connectivity index (χ4v) is 6.13. The lowest BCUT2D eigenvalue weighted by molar-refractivity contribution is 0.129. The summed E-state index contributed by atoms with van der Waals surface area (Å²) in [4.78, 5) is 18.6. The molecule has 6 nitrogen and oxygen atoms in total. The zero-order chi connectivity index (χ0) is 22.1. The van der Waals surface area contributed by atoms with Crippen molar-refractivity contribution in [3.63, 3.8) is 0 Å². The van der Waals surface area contributed by atoms with E-state index in [0.29, 0.717) is 25.2 Å². The number of thioether (sulfide) groups is 1. The monoisotopic (exact) mass is 483 g/mol. The van der Waals surface area contributed by atoms with Crippen LogP contribution in [-0.2, 0) is 4.74 Å². The molecule has 1 saturated heterocycles. The van der Waals surface area contributed by atoms with Gasteiger partial charge in [-0.25, -0.2) is 4.98 Å². The average Bonchev–Trinajstić information content (AvgIpc) is 3.46. The number of ether oxygens (including phenoxy) is 2. The Morgan fingerprint density at radius 3 is 2.75 bits per heavy atom. The van der Waals surface area contributed by atoms with Gasteiger partial charge < -0.3 is 9.47 Å². The van der Waals surface area contributed by atoms with Crippen LogP contribution < -0.4 is 10.3 Å². The van der Waals surface area contributed by atoms with Crippen LogP contribution in [0.2, 0.25) is 0 Å². The van der Waals surface area contributed by atoms with Crippen molar-refractivity contribution in [1.82, 2.24) is 14.1 Å². The summed E-state index contributed by atoms with van der Waals surface area (Å²) in [6.07, 6.45) is 2.28. The van der Waals surface area contributed by atoms with Gasteiger partial charge in [0.25, 0.3) is 5.56 Å². The molecule has 0 bridgehead atoms. The van der Waals surface area contributed by atoms with Crippen molar-refractivity contribution in [2.75, 3.05) is 19.5 Å². The van der Waals surface area contributed by atoms with Gasteiger partial charge in [0.2, 0.25) is 0 Å². The zero-order valence-electron chi connectivity index (χ0n) is 17.4. The topological polar surface area (TPSA) is 58.3 Å². The van der Waals surface area contributed by atoms with Crippen LogP contribution in [0.1, 0.15) is 12.8 Å². The van der Waals surface area contributed by atoms with Gasteiger partial charge in [-0.15, -0.1) is 0 Å². The van der Waals surface area contributed by atoms with Crippen molar-refractivity contribution in [1.29, 1.82) is 0 Å². The summed E-state index contributed by atoms with van der Waals surface area (Å²) in [6, 6.07) is 17.2. The molecule has 0 N–H and O–H groups in total. The normalized spacial score (nSPS) is 16.0. The Kier molecular flexibility index (Phi) is 6.14. The molecule has 1 atom stereocenters. The van der Waals surface area contributed by atoms with E-state index in [9.17, 15) is 4.79 Å². The van der Waals surface area contributed by atoms with Crippen LogP contribution in [0.4, 0.5) is 0 Å². The van der Waals surface area contributed by atoms with Crippen LogP contribution in [0, 0.1) is 3.95 Å². The highest BCUT2D eigenvalue weighted by Crippen LogP contribution is 2.29. The predicted molar refractivity (Wildman–Crippen MR) is 132 cm³/mol. The number of benzene rings is 2. The summed E-state index contributed by atoms with van der Waals surface area (Å²) < 4.78 is 15.8. The molecule has 0 amide bonds. The second kappa shape index (κ2) is 9.19. The molecule has 3 heterocycles. The average molecular weight is 484 g/mol. The first-order valence-corrected chi connectivity index (χ1v) is 12.5. The molecule has 9 heteroatoms. The molecule has 0 unspecified atom stereocenters. The Bertz CT molecular complexity index is 1370. The Morgan fingerprint density at radius 2 is 2.00 bits per heavy atom. The third-order valence-corrected chi connectivity index (χ3v) is 7.75. The second-order valence-corrected chi connectivity index (χ2v) is 10.0. The minimum atomic E-state index is -0.117. The van der Waals surface area contributed by atoms with Crippen molar-refractivity contribution in [3.8, 4) is 17.1 Å². The molecule has 2 aromatic heterocycles. The first-order chi connectivity index (χ1) is 15.7. The first kappa shape index (κ1) is 21.4. The molecular weight excluding hydrogens is 462 g/mol. The largest absolute Gasteiger partial charge is 0.497 e. The van der Waals surface area contributed by atoms with Crippen LogP contribution in [-0.4, -0.2) is 39.7 Å². The maximum atomic E-state index is 13.7. The quantitative estimate of drug-likeness (QED) is 0.212. The van der Waals surface area contributed by atoms with Gasteiger partial charge in [-0.05, 0) is 49.3 Å². The van der Waals surface area contributed by atoms with Gasteiger partial charge in [0.15, 0.2) is 14.8 Å². The van der Waals surface area contributed by atoms with Crippen LogP contribution in [0.15, 0.2) is 64.5 Å². The number of thiazole rings is 1. The van der Waals surface area contributed by atoms with E-state index in [0.717, 1.165) is 36.6 Å². The Morgan fingerprint density at radius 1 is 1.19 bits per heavy atom. The maximum absolute atomic E-state index is 13.7. The molecule has 32 heavy (non-hydrogen) atoms. The van der Waals surface area contributed by atoms with Gasteiger partial charge in [0.05, 0.1) is 24.6 Å². The molecule has 0 spiro atoms. The van der Waals surface area contributed by atoms with Crippen LogP contribution >= 0.6 is 35.3 Å². The lowest BCUT2D eigenvalue weighted by Crippen LogP contribution is -2.22. The van der Waals surface area contributed by atoms with Gasteiger partial charge in [-0.3, -0.25) is 13.9 Å². The highest BCUT2D eigenvalue weighted by molar-refractivity contribution is 7.99. The van der Waals surface area contributed by atoms with Gasteiger partial charge >= 0.3 is 0 Å². The summed E-state index contributed by atoms with van der Waals surface area (Å²) >= 11 is 8.49. The number of fused-ring (bicyclic) bond motifs is 1. The molecule has 5 rings (SSSR count). The number of nitrogens with zero attached hydrogens (tertiary/aromatic N) is 3. The van der Waals surface area contributed by atoms with E-state index in [4.69, 9.17) is 26.7 Å². The predicted octanol–water partition coefficient (Wildman–Crippen LogP) is 5.25.